The van der Waals surface area contributed by atoms with Gasteiger partial charge < -0.3 is 10.6 Å². The number of rotatable bonds is 1. The van der Waals surface area contributed by atoms with E-state index >= 15 is 0 Å². The van der Waals surface area contributed by atoms with E-state index in [4.69, 9.17) is 11.0 Å². The summed E-state index contributed by atoms with van der Waals surface area (Å²) in [5.74, 6) is 1.12. The number of nitrogens with zero attached hydrogens (tertiary/aromatic N) is 3. The van der Waals surface area contributed by atoms with Gasteiger partial charge >= 0.3 is 0 Å². The minimum absolute atomic E-state index is 0.371. The number of hydrogen-bond acceptors (Lipinski definition) is 5. The predicted molar refractivity (Wildman–Crippen MR) is 75.6 cm³/mol. The lowest BCUT2D eigenvalue weighted by atomic mass is 9.75. The standard InChI is InChI=1S/C13H20N4S/c1-13(2,3)9-4-6-17(7-5-9)12-10(8-14)11(15)16-18-12/h9H,4-7H2,1-3H3,(H2,15,16). The highest BCUT2D eigenvalue weighted by molar-refractivity contribution is 7.10. The Morgan fingerprint density at radius 1 is 1.39 bits per heavy atom. The maximum atomic E-state index is 9.11. The molecule has 0 amide bonds. The second-order valence-corrected chi connectivity index (χ2v) is 6.74. The molecule has 5 heteroatoms. The molecular weight excluding hydrogens is 244 g/mol. The first-order valence-corrected chi connectivity index (χ1v) is 7.11. The van der Waals surface area contributed by atoms with Crippen molar-refractivity contribution in [3.63, 3.8) is 0 Å². The first-order chi connectivity index (χ1) is 8.43. The van der Waals surface area contributed by atoms with Crippen LogP contribution in [0.25, 0.3) is 0 Å². The highest BCUT2D eigenvalue weighted by Gasteiger charge is 2.30. The Hall–Kier alpha value is -1.28. The quantitative estimate of drug-likeness (QED) is 0.847. The lowest BCUT2D eigenvalue weighted by Crippen LogP contribution is -2.37. The number of hydrogen-bond donors (Lipinski definition) is 1. The molecule has 0 radical (unpaired) electrons. The van der Waals surface area contributed by atoms with Crippen molar-refractivity contribution in [2.45, 2.75) is 33.6 Å². The van der Waals surface area contributed by atoms with Gasteiger partial charge in [0.2, 0.25) is 0 Å². The Morgan fingerprint density at radius 2 is 2.00 bits per heavy atom. The third kappa shape index (κ3) is 2.44. The first kappa shape index (κ1) is 13.2. The van der Waals surface area contributed by atoms with Crippen LogP contribution in [0, 0.1) is 22.7 Å². The van der Waals surface area contributed by atoms with Gasteiger partial charge in [-0.15, -0.1) is 0 Å². The molecule has 2 N–H and O–H groups in total. The molecule has 2 heterocycles. The molecule has 1 aromatic rings. The Labute approximate surface area is 113 Å². The van der Waals surface area contributed by atoms with Gasteiger partial charge in [0.1, 0.15) is 16.6 Å². The smallest absolute Gasteiger partial charge is 0.157 e. The molecule has 2 rings (SSSR count). The fourth-order valence-corrected chi connectivity index (χ4v) is 3.38. The fraction of sp³-hybridized carbons (Fsp3) is 0.692. The largest absolute Gasteiger partial charge is 0.382 e. The van der Waals surface area contributed by atoms with Gasteiger partial charge in [0.25, 0.3) is 0 Å². The third-order valence-corrected chi connectivity index (χ3v) is 4.74. The van der Waals surface area contributed by atoms with Crippen LogP contribution in [-0.4, -0.2) is 17.5 Å². The van der Waals surface area contributed by atoms with Gasteiger partial charge in [0, 0.05) is 13.1 Å². The monoisotopic (exact) mass is 264 g/mol. The van der Waals surface area contributed by atoms with Crippen molar-refractivity contribution >= 4 is 22.4 Å². The van der Waals surface area contributed by atoms with Crippen molar-refractivity contribution in [1.82, 2.24) is 4.37 Å². The van der Waals surface area contributed by atoms with Crippen LogP contribution in [0.2, 0.25) is 0 Å². The Bertz CT molecular complexity index is 458. The van der Waals surface area contributed by atoms with E-state index < -0.39 is 0 Å². The summed E-state index contributed by atoms with van der Waals surface area (Å²) in [7, 11) is 0. The average molecular weight is 264 g/mol. The molecule has 1 saturated heterocycles. The minimum Gasteiger partial charge on any atom is -0.382 e. The average Bonchev–Trinajstić information content (AvgIpc) is 2.69. The molecule has 0 unspecified atom stereocenters. The molecule has 1 aromatic heterocycles. The van der Waals surface area contributed by atoms with Crippen molar-refractivity contribution < 1.29 is 0 Å². The van der Waals surface area contributed by atoms with Gasteiger partial charge in [0.15, 0.2) is 5.82 Å². The van der Waals surface area contributed by atoms with Crippen LogP contribution < -0.4 is 10.6 Å². The van der Waals surface area contributed by atoms with Crippen LogP contribution in [0.1, 0.15) is 39.2 Å². The Balaban J connectivity index is 2.09. The number of nitrogen functional groups attached to an aromatic ring is 1. The molecule has 1 aliphatic rings. The van der Waals surface area contributed by atoms with Crippen molar-refractivity contribution in [2.75, 3.05) is 23.7 Å². The number of aromatic nitrogens is 1. The van der Waals surface area contributed by atoms with E-state index in [0.29, 0.717) is 16.8 Å². The van der Waals surface area contributed by atoms with Crippen LogP contribution in [0.3, 0.4) is 0 Å². The summed E-state index contributed by atoms with van der Waals surface area (Å²) in [6.45, 7) is 8.91. The maximum absolute atomic E-state index is 9.11. The zero-order valence-electron chi connectivity index (χ0n) is 11.2. The molecular formula is C13H20N4S. The van der Waals surface area contributed by atoms with Gasteiger partial charge in [-0.1, -0.05) is 20.8 Å². The summed E-state index contributed by atoms with van der Waals surface area (Å²) in [6.07, 6.45) is 2.35. The van der Waals surface area contributed by atoms with Crippen LogP contribution in [0.5, 0.6) is 0 Å². The summed E-state index contributed by atoms with van der Waals surface area (Å²) in [4.78, 5) is 2.26. The molecule has 0 aliphatic carbocycles. The summed E-state index contributed by atoms with van der Waals surface area (Å²) in [5, 5.41) is 10.1. The summed E-state index contributed by atoms with van der Waals surface area (Å²) in [6, 6.07) is 2.16. The predicted octanol–water partition coefficient (Wildman–Crippen LogP) is 2.86. The second-order valence-electron chi connectivity index (χ2n) is 5.99. The zero-order chi connectivity index (χ0) is 13.3. The van der Waals surface area contributed by atoms with Crippen molar-refractivity contribution in [1.29, 1.82) is 5.26 Å². The van der Waals surface area contributed by atoms with Crippen molar-refractivity contribution in [2.24, 2.45) is 11.3 Å². The number of nitriles is 1. The van der Waals surface area contributed by atoms with Gasteiger partial charge in [-0.2, -0.15) is 9.64 Å². The van der Waals surface area contributed by atoms with Gasteiger partial charge in [0.05, 0.1) is 0 Å². The number of anilines is 2. The third-order valence-electron chi connectivity index (χ3n) is 3.82. The molecule has 1 aliphatic heterocycles. The summed E-state index contributed by atoms with van der Waals surface area (Å²) < 4.78 is 4.09. The fourth-order valence-electron chi connectivity index (χ4n) is 2.56. The van der Waals surface area contributed by atoms with E-state index in [1.807, 2.05) is 0 Å². The Kier molecular flexibility index (Phi) is 3.49. The normalized spacial score (nSPS) is 17.8. The highest BCUT2D eigenvalue weighted by Crippen LogP contribution is 2.38. The topological polar surface area (TPSA) is 65.9 Å². The maximum Gasteiger partial charge on any atom is 0.157 e. The van der Waals surface area contributed by atoms with E-state index in [9.17, 15) is 0 Å². The van der Waals surface area contributed by atoms with Gasteiger partial charge in [-0.25, -0.2) is 0 Å². The Morgan fingerprint density at radius 3 is 2.50 bits per heavy atom. The molecule has 18 heavy (non-hydrogen) atoms. The molecule has 0 atom stereocenters. The van der Waals surface area contributed by atoms with Crippen LogP contribution in [0.15, 0.2) is 0 Å². The molecule has 0 spiro atoms. The molecule has 0 bridgehead atoms. The zero-order valence-corrected chi connectivity index (χ0v) is 12.0. The van der Waals surface area contributed by atoms with Crippen LogP contribution >= 0.6 is 11.5 Å². The number of piperidine rings is 1. The molecule has 0 aromatic carbocycles. The van der Waals surface area contributed by atoms with Crippen LogP contribution in [0.4, 0.5) is 10.8 Å². The van der Waals surface area contributed by atoms with E-state index in [0.717, 1.165) is 24.0 Å². The molecule has 1 fully saturated rings. The van der Waals surface area contributed by atoms with Gasteiger partial charge in [-0.3, -0.25) is 0 Å². The molecule has 4 nitrogen and oxygen atoms in total. The van der Waals surface area contributed by atoms with E-state index in [2.05, 4.69) is 36.1 Å². The van der Waals surface area contributed by atoms with E-state index in [-0.39, 0.29) is 0 Å². The van der Waals surface area contributed by atoms with E-state index in [1.165, 1.54) is 24.4 Å². The van der Waals surface area contributed by atoms with E-state index in [1.54, 1.807) is 0 Å². The van der Waals surface area contributed by atoms with Crippen molar-refractivity contribution in [3.8, 4) is 6.07 Å². The number of nitrogens with two attached hydrogens (primary N) is 1. The summed E-state index contributed by atoms with van der Waals surface area (Å²) >= 11 is 1.34. The molecule has 0 saturated carbocycles. The second kappa shape index (κ2) is 4.77. The molecule has 98 valence electrons. The SMILES string of the molecule is CC(C)(C)C1CCN(c2snc(N)c2C#N)CC1. The highest BCUT2D eigenvalue weighted by atomic mass is 32.1. The minimum atomic E-state index is 0.371. The first-order valence-electron chi connectivity index (χ1n) is 6.33. The lowest BCUT2D eigenvalue weighted by molar-refractivity contribution is 0.199. The van der Waals surface area contributed by atoms with Crippen molar-refractivity contribution in [3.05, 3.63) is 5.56 Å². The van der Waals surface area contributed by atoms with Gasteiger partial charge in [-0.05, 0) is 35.7 Å². The lowest BCUT2D eigenvalue weighted by Gasteiger charge is -2.39. The summed E-state index contributed by atoms with van der Waals surface area (Å²) in [5.41, 5.74) is 6.63. The van der Waals surface area contributed by atoms with Crippen LogP contribution in [-0.2, 0) is 0 Å².